The zero-order valence-corrected chi connectivity index (χ0v) is 17.4. The number of carbonyl (C=O) groups is 1. The monoisotopic (exact) mass is 434 g/mol. The van der Waals surface area contributed by atoms with Crippen LogP contribution in [0.4, 0.5) is 20.8 Å². The average molecular weight is 434 g/mol. The number of rotatable bonds is 5. The van der Waals surface area contributed by atoms with E-state index >= 15 is 0 Å². The fourth-order valence-electron chi connectivity index (χ4n) is 4.38. The van der Waals surface area contributed by atoms with Crippen molar-refractivity contribution in [1.82, 2.24) is 20.4 Å². The molecule has 3 aromatic rings. The molecule has 1 saturated carbocycles. The highest BCUT2D eigenvalue weighted by molar-refractivity contribution is 5.89. The lowest BCUT2D eigenvalue weighted by Crippen LogP contribution is -2.39. The number of anilines is 2. The third-order valence-corrected chi connectivity index (χ3v) is 6.18. The molecule has 9 heteroatoms. The highest BCUT2D eigenvalue weighted by atomic mass is 19.1. The molecule has 2 aromatic heterocycles. The number of hydrogen-bond acceptors (Lipinski definition) is 7. The van der Waals surface area contributed by atoms with Gasteiger partial charge in [0.05, 0.1) is 12.2 Å². The third kappa shape index (κ3) is 4.23. The van der Waals surface area contributed by atoms with Crippen LogP contribution in [-0.4, -0.2) is 45.2 Å². The molecule has 1 aliphatic carbocycles. The Morgan fingerprint density at radius 2 is 1.97 bits per heavy atom. The third-order valence-electron chi connectivity index (χ3n) is 6.18. The minimum Gasteiger partial charge on any atom is -0.441 e. The van der Waals surface area contributed by atoms with E-state index in [9.17, 15) is 9.18 Å². The van der Waals surface area contributed by atoms with Gasteiger partial charge in [-0.15, -0.1) is 15.3 Å². The quantitative estimate of drug-likeness (QED) is 0.647. The number of ether oxygens (including phenoxy) is 1. The van der Waals surface area contributed by atoms with Crippen molar-refractivity contribution in [2.45, 2.75) is 31.3 Å². The number of aromatic nitrogens is 4. The van der Waals surface area contributed by atoms with Crippen molar-refractivity contribution in [1.29, 1.82) is 0 Å². The second-order valence-corrected chi connectivity index (χ2v) is 8.36. The Morgan fingerprint density at radius 1 is 1.09 bits per heavy atom. The molecule has 0 unspecified atom stereocenters. The number of benzene rings is 1. The van der Waals surface area contributed by atoms with Gasteiger partial charge in [0, 0.05) is 18.3 Å². The van der Waals surface area contributed by atoms with E-state index < -0.39 is 5.60 Å². The van der Waals surface area contributed by atoms with Crippen LogP contribution in [0.5, 0.6) is 0 Å². The molecule has 0 radical (unpaired) electrons. The zero-order chi connectivity index (χ0) is 22.0. The summed E-state index contributed by atoms with van der Waals surface area (Å²) in [7, 11) is 0. The molecule has 1 spiro atoms. The number of amides is 1. The van der Waals surface area contributed by atoms with Crippen LogP contribution in [0.3, 0.4) is 0 Å². The summed E-state index contributed by atoms with van der Waals surface area (Å²) in [6.45, 7) is 1.28. The van der Waals surface area contributed by atoms with E-state index in [4.69, 9.17) is 4.74 Å². The smallest absolute Gasteiger partial charge is 0.416 e. The van der Waals surface area contributed by atoms with Crippen LogP contribution in [0.25, 0.3) is 11.3 Å². The molecule has 0 atom stereocenters. The van der Waals surface area contributed by atoms with Gasteiger partial charge in [-0.2, -0.15) is 5.10 Å². The first-order valence-electron chi connectivity index (χ1n) is 10.7. The predicted molar refractivity (Wildman–Crippen MR) is 116 cm³/mol. The number of halogens is 1. The molecule has 0 bridgehead atoms. The van der Waals surface area contributed by atoms with E-state index in [1.165, 1.54) is 12.1 Å². The van der Waals surface area contributed by atoms with Gasteiger partial charge in [-0.05, 0) is 68.0 Å². The molecule has 2 fully saturated rings. The SMILES string of the molecule is O=C1OC2(CCC(CNc3ccc(-c4cccc(F)c4)nn3)CC2)CN1c1cccnn1. The molecule has 5 rings (SSSR count). The molecule has 164 valence electrons. The van der Waals surface area contributed by atoms with Gasteiger partial charge in [-0.3, -0.25) is 4.90 Å². The van der Waals surface area contributed by atoms with Crippen LogP contribution in [0.2, 0.25) is 0 Å². The Hall–Kier alpha value is -3.62. The van der Waals surface area contributed by atoms with Gasteiger partial charge in [0.25, 0.3) is 0 Å². The summed E-state index contributed by atoms with van der Waals surface area (Å²) in [6, 6.07) is 13.5. The van der Waals surface area contributed by atoms with E-state index in [0.717, 1.165) is 32.2 Å². The summed E-state index contributed by atoms with van der Waals surface area (Å²) in [6.07, 6.45) is 4.75. The molecule has 1 saturated heterocycles. The van der Waals surface area contributed by atoms with E-state index in [0.29, 0.717) is 35.4 Å². The van der Waals surface area contributed by atoms with Crippen LogP contribution in [-0.2, 0) is 4.74 Å². The fourth-order valence-corrected chi connectivity index (χ4v) is 4.38. The van der Waals surface area contributed by atoms with Crippen LogP contribution in [0.15, 0.2) is 54.7 Å². The van der Waals surface area contributed by atoms with E-state index in [2.05, 4.69) is 25.7 Å². The van der Waals surface area contributed by atoms with Gasteiger partial charge >= 0.3 is 6.09 Å². The Morgan fingerprint density at radius 3 is 2.69 bits per heavy atom. The highest BCUT2D eigenvalue weighted by Gasteiger charge is 2.48. The largest absolute Gasteiger partial charge is 0.441 e. The van der Waals surface area contributed by atoms with E-state index in [1.807, 2.05) is 12.1 Å². The van der Waals surface area contributed by atoms with Crippen LogP contribution >= 0.6 is 0 Å². The maximum Gasteiger partial charge on any atom is 0.416 e. The summed E-state index contributed by atoms with van der Waals surface area (Å²) in [4.78, 5) is 13.9. The summed E-state index contributed by atoms with van der Waals surface area (Å²) >= 11 is 0. The Labute approximate surface area is 184 Å². The van der Waals surface area contributed by atoms with Crippen molar-refractivity contribution in [2.24, 2.45) is 5.92 Å². The molecular formula is C23H23FN6O2. The van der Waals surface area contributed by atoms with Crippen molar-refractivity contribution in [3.8, 4) is 11.3 Å². The highest BCUT2D eigenvalue weighted by Crippen LogP contribution is 2.40. The fraction of sp³-hybridized carbons (Fsp3) is 0.348. The van der Waals surface area contributed by atoms with Crippen molar-refractivity contribution >= 4 is 17.7 Å². The molecule has 1 amide bonds. The Balaban J connectivity index is 1.14. The Kier molecular flexibility index (Phi) is 5.38. The van der Waals surface area contributed by atoms with Crippen molar-refractivity contribution in [3.63, 3.8) is 0 Å². The molecule has 1 aliphatic heterocycles. The molecular weight excluding hydrogens is 411 g/mol. The lowest BCUT2D eigenvalue weighted by molar-refractivity contribution is 0.0148. The maximum absolute atomic E-state index is 13.4. The topological polar surface area (TPSA) is 93.1 Å². The zero-order valence-electron chi connectivity index (χ0n) is 17.4. The van der Waals surface area contributed by atoms with Gasteiger partial charge in [0.1, 0.15) is 17.2 Å². The Bertz CT molecular complexity index is 1090. The summed E-state index contributed by atoms with van der Waals surface area (Å²) in [5.41, 5.74) is 0.881. The standard InChI is InChI=1S/C23H23FN6O2/c24-18-4-1-3-17(13-18)19-6-7-20(28-27-19)25-14-16-8-10-23(11-9-16)15-30(22(31)32-23)21-5-2-12-26-29-21/h1-7,12-13,16H,8-11,14-15H2,(H,25,28). The summed E-state index contributed by atoms with van der Waals surface area (Å²) in [5, 5.41) is 19.7. The van der Waals surface area contributed by atoms with Crippen molar-refractivity contribution in [3.05, 3.63) is 60.5 Å². The second-order valence-electron chi connectivity index (χ2n) is 8.36. The lowest BCUT2D eigenvalue weighted by Gasteiger charge is -2.35. The number of carbonyl (C=O) groups excluding carboxylic acids is 1. The van der Waals surface area contributed by atoms with Gasteiger partial charge in [-0.25, -0.2) is 9.18 Å². The first kappa shape index (κ1) is 20.3. The van der Waals surface area contributed by atoms with E-state index in [1.54, 1.807) is 35.4 Å². The number of nitrogens with one attached hydrogen (secondary N) is 1. The molecule has 1 aromatic carbocycles. The van der Waals surface area contributed by atoms with E-state index in [-0.39, 0.29) is 11.9 Å². The van der Waals surface area contributed by atoms with Gasteiger partial charge < -0.3 is 10.1 Å². The van der Waals surface area contributed by atoms with Crippen LogP contribution in [0, 0.1) is 11.7 Å². The second kappa shape index (κ2) is 8.49. The van der Waals surface area contributed by atoms with Crippen LogP contribution < -0.4 is 10.2 Å². The van der Waals surface area contributed by atoms with Gasteiger partial charge in [0.15, 0.2) is 5.82 Å². The predicted octanol–water partition coefficient (Wildman–Crippen LogP) is 4.07. The number of hydrogen-bond donors (Lipinski definition) is 1. The minimum absolute atomic E-state index is 0.297. The first-order valence-corrected chi connectivity index (χ1v) is 10.7. The molecule has 8 nitrogen and oxygen atoms in total. The lowest BCUT2D eigenvalue weighted by atomic mass is 9.78. The minimum atomic E-state index is -0.447. The van der Waals surface area contributed by atoms with Crippen molar-refractivity contribution < 1.29 is 13.9 Å². The van der Waals surface area contributed by atoms with Gasteiger partial charge in [-0.1, -0.05) is 12.1 Å². The molecule has 2 aliphatic rings. The molecule has 32 heavy (non-hydrogen) atoms. The van der Waals surface area contributed by atoms with Crippen molar-refractivity contribution in [2.75, 3.05) is 23.3 Å². The first-order chi connectivity index (χ1) is 15.6. The van der Waals surface area contributed by atoms with Gasteiger partial charge in [0.2, 0.25) is 0 Å². The van der Waals surface area contributed by atoms with Crippen LogP contribution in [0.1, 0.15) is 25.7 Å². The summed E-state index contributed by atoms with van der Waals surface area (Å²) in [5.74, 6) is 1.37. The summed E-state index contributed by atoms with van der Waals surface area (Å²) < 4.78 is 19.2. The molecule has 1 N–H and O–H groups in total. The number of nitrogens with zero attached hydrogens (tertiary/aromatic N) is 5. The molecule has 3 heterocycles. The average Bonchev–Trinajstić information content (AvgIpc) is 3.15. The normalized spacial score (nSPS) is 22.7. The maximum atomic E-state index is 13.4.